The van der Waals surface area contributed by atoms with Gasteiger partial charge in [-0.15, -0.1) is 0 Å². The van der Waals surface area contributed by atoms with Crippen molar-refractivity contribution in [3.8, 4) is 0 Å². The first-order chi connectivity index (χ1) is 10.4. The van der Waals surface area contributed by atoms with Gasteiger partial charge in [-0.05, 0) is 50.9 Å². The highest BCUT2D eigenvalue weighted by Gasteiger charge is 2.52. The topological polar surface area (TPSA) is 72.6 Å². The molecule has 1 heterocycles. The summed E-state index contributed by atoms with van der Waals surface area (Å²) in [6, 6.07) is -1.08. The third-order valence-electron chi connectivity index (χ3n) is 5.02. The predicted octanol–water partition coefficient (Wildman–Crippen LogP) is 2.33. The number of nitrogens with two attached hydrogens (primary N) is 1. The lowest BCUT2D eigenvalue weighted by Crippen LogP contribution is -2.55. The Hall–Kier alpha value is -1.10. The summed E-state index contributed by atoms with van der Waals surface area (Å²) in [6.45, 7) is 12.1. The van der Waals surface area contributed by atoms with E-state index < -0.39 is 17.7 Å². The van der Waals surface area contributed by atoms with Gasteiger partial charge in [0.25, 0.3) is 0 Å². The molecule has 1 aliphatic heterocycles. The fourth-order valence-corrected chi connectivity index (χ4v) is 3.75. The van der Waals surface area contributed by atoms with Crippen molar-refractivity contribution in [2.24, 2.45) is 23.0 Å². The molecule has 5 nitrogen and oxygen atoms in total. The van der Waals surface area contributed by atoms with E-state index in [1.165, 1.54) is 0 Å². The number of rotatable bonds is 2. The van der Waals surface area contributed by atoms with Crippen molar-refractivity contribution in [1.82, 2.24) is 4.90 Å². The molecule has 1 amide bonds. The summed E-state index contributed by atoms with van der Waals surface area (Å²) in [7, 11) is 0. The fourth-order valence-electron chi connectivity index (χ4n) is 3.75. The van der Waals surface area contributed by atoms with Crippen molar-refractivity contribution in [3.05, 3.63) is 0 Å². The van der Waals surface area contributed by atoms with Gasteiger partial charge in [0.2, 0.25) is 5.91 Å². The maximum absolute atomic E-state index is 12.9. The Morgan fingerprint density at radius 1 is 1.13 bits per heavy atom. The molecule has 1 aliphatic carbocycles. The Kier molecular flexibility index (Phi) is 4.82. The molecule has 5 heteroatoms. The standard InChI is InChI=1S/C18H32N2O3/c1-17(2,3)14(19)15(21)20-10-11-8-7-9-12(11)13(20)16(22)23-18(4,5)6/h11-14H,7-10,19H2,1-6H3. The summed E-state index contributed by atoms with van der Waals surface area (Å²) in [4.78, 5) is 27.3. The van der Waals surface area contributed by atoms with E-state index in [0.717, 1.165) is 19.3 Å². The number of carbonyl (C=O) groups is 2. The van der Waals surface area contributed by atoms with Gasteiger partial charge in [-0.3, -0.25) is 4.79 Å². The van der Waals surface area contributed by atoms with Crippen LogP contribution < -0.4 is 5.73 Å². The van der Waals surface area contributed by atoms with Crippen molar-refractivity contribution in [3.63, 3.8) is 0 Å². The second kappa shape index (κ2) is 6.08. The summed E-state index contributed by atoms with van der Waals surface area (Å²) in [5.74, 6) is 0.230. The number of nitrogens with zero attached hydrogens (tertiary/aromatic N) is 1. The molecule has 0 radical (unpaired) electrons. The van der Waals surface area contributed by atoms with Gasteiger partial charge in [-0.25, -0.2) is 4.79 Å². The monoisotopic (exact) mass is 324 g/mol. The summed E-state index contributed by atoms with van der Waals surface area (Å²) in [5.41, 5.74) is 5.30. The van der Waals surface area contributed by atoms with Crippen LogP contribution in [0.3, 0.4) is 0 Å². The largest absolute Gasteiger partial charge is 0.458 e. The lowest BCUT2D eigenvalue weighted by Gasteiger charge is -2.34. The molecule has 2 N–H and O–H groups in total. The summed E-state index contributed by atoms with van der Waals surface area (Å²) in [5, 5.41) is 0. The van der Waals surface area contributed by atoms with Gasteiger partial charge in [-0.1, -0.05) is 27.2 Å². The number of fused-ring (bicyclic) bond motifs is 1. The van der Waals surface area contributed by atoms with Gasteiger partial charge < -0.3 is 15.4 Å². The van der Waals surface area contributed by atoms with Crippen LogP contribution in [0.25, 0.3) is 0 Å². The highest BCUT2D eigenvalue weighted by molar-refractivity contribution is 5.89. The van der Waals surface area contributed by atoms with Crippen LogP contribution in [0.2, 0.25) is 0 Å². The molecule has 0 spiro atoms. The van der Waals surface area contributed by atoms with E-state index in [0.29, 0.717) is 12.5 Å². The van der Waals surface area contributed by atoms with Crippen molar-refractivity contribution in [1.29, 1.82) is 0 Å². The molecule has 0 aromatic carbocycles. The van der Waals surface area contributed by atoms with Crippen LogP contribution in [0.4, 0.5) is 0 Å². The summed E-state index contributed by atoms with van der Waals surface area (Å²) >= 11 is 0. The minimum absolute atomic E-state index is 0.122. The molecule has 1 saturated carbocycles. The molecule has 2 aliphatic rings. The lowest BCUT2D eigenvalue weighted by atomic mass is 9.86. The van der Waals surface area contributed by atoms with Crippen molar-refractivity contribution < 1.29 is 14.3 Å². The fraction of sp³-hybridized carbons (Fsp3) is 0.889. The zero-order chi connectivity index (χ0) is 17.6. The van der Waals surface area contributed by atoms with Gasteiger partial charge in [0, 0.05) is 6.54 Å². The Morgan fingerprint density at radius 3 is 2.26 bits per heavy atom. The molecular formula is C18H32N2O3. The average Bonchev–Trinajstić information content (AvgIpc) is 2.92. The van der Waals surface area contributed by atoms with Crippen LogP contribution in [0.5, 0.6) is 0 Å². The van der Waals surface area contributed by atoms with E-state index in [9.17, 15) is 9.59 Å². The smallest absolute Gasteiger partial charge is 0.329 e. The van der Waals surface area contributed by atoms with Crippen LogP contribution in [0.15, 0.2) is 0 Å². The Bertz CT molecular complexity index is 476. The molecule has 0 bridgehead atoms. The second-order valence-electron chi connectivity index (χ2n) is 9.17. The van der Waals surface area contributed by atoms with Gasteiger partial charge in [0.05, 0.1) is 6.04 Å². The Balaban J connectivity index is 2.23. The molecule has 132 valence electrons. The zero-order valence-electron chi connectivity index (χ0n) is 15.4. The zero-order valence-corrected chi connectivity index (χ0v) is 15.4. The number of likely N-dealkylation sites (tertiary alicyclic amines) is 1. The third kappa shape index (κ3) is 3.87. The van der Waals surface area contributed by atoms with Crippen LogP contribution in [-0.2, 0) is 14.3 Å². The molecule has 0 aromatic rings. The first kappa shape index (κ1) is 18.2. The van der Waals surface area contributed by atoms with Gasteiger partial charge in [-0.2, -0.15) is 0 Å². The molecular weight excluding hydrogens is 292 g/mol. The summed E-state index contributed by atoms with van der Waals surface area (Å²) in [6.07, 6.45) is 3.20. The normalized spacial score (nSPS) is 29.3. The first-order valence-electron chi connectivity index (χ1n) is 8.71. The van der Waals surface area contributed by atoms with E-state index in [4.69, 9.17) is 10.5 Å². The van der Waals surface area contributed by atoms with Gasteiger partial charge in [0.15, 0.2) is 0 Å². The number of ether oxygens (including phenoxy) is 1. The SMILES string of the molecule is CC(C)(C)OC(=O)C1C2CCCC2CN1C(=O)C(N)C(C)(C)C. The lowest BCUT2D eigenvalue weighted by molar-refractivity contribution is -0.165. The van der Waals surface area contributed by atoms with E-state index in [2.05, 4.69) is 0 Å². The molecule has 2 fully saturated rings. The molecule has 1 saturated heterocycles. The minimum atomic E-state index is -0.605. The maximum atomic E-state index is 12.9. The van der Waals surface area contributed by atoms with Crippen LogP contribution in [0, 0.1) is 17.3 Å². The van der Waals surface area contributed by atoms with Crippen molar-refractivity contribution >= 4 is 11.9 Å². The van der Waals surface area contributed by atoms with Crippen LogP contribution in [0.1, 0.15) is 60.8 Å². The number of hydrogen-bond donors (Lipinski definition) is 1. The number of amides is 1. The van der Waals surface area contributed by atoms with E-state index in [1.807, 2.05) is 41.5 Å². The number of carbonyl (C=O) groups excluding carboxylic acids is 2. The molecule has 0 aromatic heterocycles. The van der Waals surface area contributed by atoms with Crippen LogP contribution >= 0.6 is 0 Å². The summed E-state index contributed by atoms with van der Waals surface area (Å²) < 4.78 is 5.60. The van der Waals surface area contributed by atoms with Gasteiger partial charge in [0.1, 0.15) is 11.6 Å². The quantitative estimate of drug-likeness (QED) is 0.791. The van der Waals surface area contributed by atoms with Crippen molar-refractivity contribution in [2.75, 3.05) is 6.54 Å². The Labute approximate surface area is 139 Å². The molecule has 2 rings (SSSR count). The average molecular weight is 324 g/mol. The molecule has 4 atom stereocenters. The van der Waals surface area contributed by atoms with E-state index in [1.54, 1.807) is 4.90 Å². The first-order valence-corrected chi connectivity index (χ1v) is 8.71. The van der Waals surface area contributed by atoms with E-state index >= 15 is 0 Å². The van der Waals surface area contributed by atoms with Gasteiger partial charge >= 0.3 is 5.97 Å². The third-order valence-corrected chi connectivity index (χ3v) is 5.02. The van der Waals surface area contributed by atoms with E-state index in [-0.39, 0.29) is 23.2 Å². The molecule has 4 unspecified atom stereocenters. The highest BCUT2D eigenvalue weighted by atomic mass is 16.6. The molecule has 23 heavy (non-hydrogen) atoms. The maximum Gasteiger partial charge on any atom is 0.329 e. The minimum Gasteiger partial charge on any atom is -0.458 e. The second-order valence-corrected chi connectivity index (χ2v) is 9.17. The highest BCUT2D eigenvalue weighted by Crippen LogP contribution is 2.43. The number of esters is 1. The Morgan fingerprint density at radius 2 is 1.74 bits per heavy atom. The number of hydrogen-bond acceptors (Lipinski definition) is 4. The van der Waals surface area contributed by atoms with Crippen molar-refractivity contribution in [2.45, 2.75) is 78.5 Å². The predicted molar refractivity (Wildman–Crippen MR) is 89.6 cm³/mol. The van der Waals surface area contributed by atoms with Crippen LogP contribution in [-0.4, -0.2) is 41.0 Å².